The number of halogens is 1. The number of phenolic OH excluding ortho intramolecular Hbond substituents is 1. The van der Waals surface area contributed by atoms with E-state index in [0.29, 0.717) is 16.7 Å². The second kappa shape index (κ2) is 6.83. The van der Waals surface area contributed by atoms with Crippen LogP contribution in [0.25, 0.3) is 0 Å². The zero-order valence-electron chi connectivity index (χ0n) is 16.5. The number of Topliss-reactive ketones (excluding diaryl/α,β-unsaturated/α-hetero) is 1. The second-order valence-electron chi connectivity index (χ2n) is 8.39. The van der Waals surface area contributed by atoms with Crippen LogP contribution < -0.4 is 0 Å². The van der Waals surface area contributed by atoms with Gasteiger partial charge in [0.15, 0.2) is 11.6 Å². The fourth-order valence-electron chi connectivity index (χ4n) is 5.46. The van der Waals surface area contributed by atoms with Gasteiger partial charge in [0, 0.05) is 28.7 Å². The van der Waals surface area contributed by atoms with E-state index in [-0.39, 0.29) is 45.3 Å². The van der Waals surface area contributed by atoms with Gasteiger partial charge in [-0.3, -0.25) is 24.4 Å². The Labute approximate surface area is 185 Å². The maximum Gasteiger partial charge on any atom is 0.257 e. The molecule has 0 saturated carbocycles. The van der Waals surface area contributed by atoms with Crippen LogP contribution in [0, 0.1) is 24.7 Å². The van der Waals surface area contributed by atoms with Gasteiger partial charge >= 0.3 is 0 Å². The first kappa shape index (κ1) is 20.1. The number of aromatic hydroxyl groups is 1. The van der Waals surface area contributed by atoms with Crippen molar-refractivity contribution in [3.8, 4) is 5.75 Å². The Hall–Kier alpha value is -2.84. The molecule has 31 heavy (non-hydrogen) atoms. The molecule has 2 N–H and O–H groups in total. The molecular weight excluding hydrogens is 466 g/mol. The largest absolute Gasteiger partial charge is 0.507 e. The average molecular weight is 484 g/mol. The highest BCUT2D eigenvalue weighted by molar-refractivity contribution is 9.12. The van der Waals surface area contributed by atoms with E-state index in [2.05, 4.69) is 15.9 Å². The standard InChI is InChI=1S/C23H18BrNO6/c1-9-3-2-4-11(20(9)27)17-10-5-6-12-18(23(30)25(31)22(12)29)13(10)7-14-19(17)16(26)8-15(24)21(14)28/h2-5,8,12-13,17-18,27,31H,6-7H2,1H3/t12-,13+,17+,18-/m0/s1. The number of rotatable bonds is 1. The van der Waals surface area contributed by atoms with Crippen LogP contribution in [0.5, 0.6) is 5.75 Å². The van der Waals surface area contributed by atoms with Gasteiger partial charge in [0.05, 0.1) is 16.3 Å². The Morgan fingerprint density at radius 2 is 1.84 bits per heavy atom. The maximum absolute atomic E-state index is 13.0. The lowest BCUT2D eigenvalue weighted by molar-refractivity contribution is -0.173. The molecule has 0 bridgehead atoms. The summed E-state index contributed by atoms with van der Waals surface area (Å²) in [5, 5.41) is 20.9. The molecule has 8 heteroatoms. The Morgan fingerprint density at radius 3 is 2.58 bits per heavy atom. The first-order valence-corrected chi connectivity index (χ1v) is 10.8. The first-order chi connectivity index (χ1) is 14.7. The highest BCUT2D eigenvalue weighted by Gasteiger charge is 2.56. The van der Waals surface area contributed by atoms with E-state index in [1.165, 1.54) is 6.08 Å². The molecule has 0 aromatic heterocycles. The lowest BCUT2D eigenvalue weighted by Crippen LogP contribution is -2.39. The van der Waals surface area contributed by atoms with Crippen molar-refractivity contribution in [2.75, 3.05) is 0 Å². The van der Waals surface area contributed by atoms with Gasteiger partial charge in [-0.05, 0) is 47.2 Å². The number of carbonyl (C=O) groups is 4. The molecule has 0 radical (unpaired) electrons. The Bertz CT molecular complexity index is 1190. The van der Waals surface area contributed by atoms with E-state index in [4.69, 9.17) is 0 Å². The molecule has 4 atom stereocenters. The van der Waals surface area contributed by atoms with Crippen molar-refractivity contribution < 1.29 is 29.5 Å². The molecule has 0 unspecified atom stereocenters. The predicted octanol–water partition coefficient (Wildman–Crippen LogP) is 2.85. The number of imide groups is 1. The number of hydrogen-bond acceptors (Lipinski definition) is 6. The summed E-state index contributed by atoms with van der Waals surface area (Å²) in [6, 6.07) is 5.21. The summed E-state index contributed by atoms with van der Waals surface area (Å²) in [4.78, 5) is 51.1. The minimum Gasteiger partial charge on any atom is -0.507 e. The summed E-state index contributed by atoms with van der Waals surface area (Å²) in [6.07, 6.45) is 3.43. The van der Waals surface area contributed by atoms with Crippen LogP contribution in [0.2, 0.25) is 0 Å². The molecule has 4 aliphatic rings. The summed E-state index contributed by atoms with van der Waals surface area (Å²) >= 11 is 3.16. The third-order valence-corrected chi connectivity index (χ3v) is 7.48. The smallest absolute Gasteiger partial charge is 0.257 e. The highest BCUT2D eigenvalue weighted by atomic mass is 79.9. The molecule has 3 aliphatic carbocycles. The number of para-hydroxylation sites is 1. The van der Waals surface area contributed by atoms with Crippen molar-refractivity contribution in [1.29, 1.82) is 0 Å². The molecular formula is C23H18BrNO6. The van der Waals surface area contributed by atoms with Crippen LogP contribution in [-0.2, 0) is 19.2 Å². The van der Waals surface area contributed by atoms with Crippen LogP contribution in [0.4, 0.5) is 0 Å². The zero-order valence-corrected chi connectivity index (χ0v) is 18.0. The minimum atomic E-state index is -0.811. The van der Waals surface area contributed by atoms with Crippen LogP contribution in [0.3, 0.4) is 0 Å². The lowest BCUT2D eigenvalue weighted by atomic mass is 9.59. The monoisotopic (exact) mass is 483 g/mol. The van der Waals surface area contributed by atoms with Gasteiger partial charge in [0.1, 0.15) is 5.75 Å². The Morgan fingerprint density at radius 1 is 1.10 bits per heavy atom. The van der Waals surface area contributed by atoms with Gasteiger partial charge < -0.3 is 5.11 Å². The number of carbonyl (C=O) groups excluding carboxylic acids is 4. The van der Waals surface area contributed by atoms with Gasteiger partial charge in [-0.15, -0.1) is 0 Å². The predicted molar refractivity (Wildman–Crippen MR) is 111 cm³/mol. The van der Waals surface area contributed by atoms with Crippen LogP contribution in [-0.4, -0.2) is 38.8 Å². The Kier molecular flexibility index (Phi) is 4.43. The molecule has 2 amide bonds. The molecule has 1 saturated heterocycles. The number of fused-ring (bicyclic) bond motifs is 3. The average Bonchev–Trinajstić information content (AvgIpc) is 2.97. The number of allylic oxidation sites excluding steroid dienone is 6. The summed E-state index contributed by atoms with van der Waals surface area (Å²) < 4.78 is 0.140. The number of hydrogen-bond donors (Lipinski definition) is 2. The van der Waals surface area contributed by atoms with Crippen LogP contribution >= 0.6 is 15.9 Å². The van der Waals surface area contributed by atoms with Gasteiger partial charge in [-0.2, -0.15) is 5.06 Å². The van der Waals surface area contributed by atoms with Crippen molar-refractivity contribution in [2.24, 2.45) is 17.8 Å². The number of aryl methyl sites for hydroxylation is 1. The second-order valence-corrected chi connectivity index (χ2v) is 9.25. The molecule has 1 aliphatic heterocycles. The summed E-state index contributed by atoms with van der Waals surface area (Å²) in [5.41, 5.74) is 2.41. The number of amides is 2. The first-order valence-electron chi connectivity index (χ1n) is 9.96. The van der Waals surface area contributed by atoms with Crippen LogP contribution in [0.1, 0.15) is 29.9 Å². The summed E-state index contributed by atoms with van der Waals surface area (Å²) in [5.74, 6) is -4.74. The normalized spacial score (nSPS) is 30.1. The lowest BCUT2D eigenvalue weighted by Gasteiger charge is -2.42. The van der Waals surface area contributed by atoms with E-state index >= 15 is 0 Å². The van der Waals surface area contributed by atoms with Crippen molar-refractivity contribution in [3.05, 3.63) is 62.7 Å². The minimum absolute atomic E-state index is 0.0227. The number of nitrogens with zero attached hydrogens (tertiary/aromatic N) is 1. The fraction of sp³-hybridized carbons (Fsp3) is 0.304. The molecule has 1 aromatic rings. The van der Waals surface area contributed by atoms with E-state index in [1.807, 2.05) is 6.08 Å². The zero-order chi connectivity index (χ0) is 22.2. The van der Waals surface area contributed by atoms with E-state index in [0.717, 1.165) is 5.57 Å². The topological polar surface area (TPSA) is 112 Å². The summed E-state index contributed by atoms with van der Waals surface area (Å²) in [6.45, 7) is 1.74. The van der Waals surface area contributed by atoms with E-state index < -0.39 is 35.5 Å². The number of ketones is 2. The summed E-state index contributed by atoms with van der Waals surface area (Å²) in [7, 11) is 0. The van der Waals surface area contributed by atoms with Crippen molar-refractivity contribution in [1.82, 2.24) is 5.06 Å². The molecule has 5 rings (SSSR count). The fourth-order valence-corrected chi connectivity index (χ4v) is 5.91. The SMILES string of the molecule is Cc1cccc([C@H]2C3=CC[C@@H]4C(=O)N(O)C(=O)[C@@H]4[C@@H]3CC3=C2C(=O)C=C(Br)C3=O)c1O. The molecule has 1 heterocycles. The number of hydroxylamine groups is 2. The number of phenols is 1. The molecule has 7 nitrogen and oxygen atoms in total. The molecule has 158 valence electrons. The van der Waals surface area contributed by atoms with Crippen molar-refractivity contribution in [3.63, 3.8) is 0 Å². The van der Waals surface area contributed by atoms with E-state index in [9.17, 15) is 29.5 Å². The highest BCUT2D eigenvalue weighted by Crippen LogP contribution is 2.56. The van der Waals surface area contributed by atoms with Crippen LogP contribution in [0.15, 0.2) is 51.6 Å². The maximum atomic E-state index is 13.0. The van der Waals surface area contributed by atoms with Gasteiger partial charge in [0.25, 0.3) is 11.8 Å². The van der Waals surface area contributed by atoms with Gasteiger partial charge in [-0.1, -0.05) is 29.8 Å². The third-order valence-electron chi connectivity index (χ3n) is 6.89. The van der Waals surface area contributed by atoms with Crippen molar-refractivity contribution in [2.45, 2.75) is 25.7 Å². The quantitative estimate of drug-likeness (QED) is 0.275. The van der Waals surface area contributed by atoms with Crippen molar-refractivity contribution >= 4 is 39.3 Å². The molecule has 0 spiro atoms. The molecule has 1 fully saturated rings. The molecule has 1 aromatic carbocycles. The van der Waals surface area contributed by atoms with Gasteiger partial charge in [-0.25, -0.2) is 0 Å². The number of benzene rings is 1. The Balaban J connectivity index is 1.75. The van der Waals surface area contributed by atoms with Gasteiger partial charge in [0.2, 0.25) is 0 Å². The third kappa shape index (κ3) is 2.68. The van der Waals surface area contributed by atoms with E-state index in [1.54, 1.807) is 25.1 Å².